The molecule has 0 spiro atoms. The molecule has 0 aromatic carbocycles. The lowest BCUT2D eigenvalue weighted by atomic mass is 10.5. The average molecular weight is 304 g/mol. The van der Waals surface area contributed by atoms with Crippen LogP contribution in [0.4, 0.5) is 0 Å². The van der Waals surface area contributed by atoms with Gasteiger partial charge in [-0.1, -0.05) is 0 Å². The Labute approximate surface area is 91.1 Å². The second kappa shape index (κ2) is 3.55. The predicted molar refractivity (Wildman–Crippen MR) is 55.0 cm³/mol. The van der Waals surface area contributed by atoms with Crippen LogP contribution in [0.3, 0.4) is 0 Å². The molecule has 4 nitrogen and oxygen atoms in total. The molecule has 0 amide bonds. The highest BCUT2D eigenvalue weighted by Gasteiger charge is 2.05. The van der Waals surface area contributed by atoms with Crippen molar-refractivity contribution in [2.24, 2.45) is 0 Å². The third-order valence-corrected chi connectivity index (χ3v) is 2.19. The normalized spacial score (nSPS) is 10.3. The zero-order valence-electron chi connectivity index (χ0n) is 6.33. The molecule has 0 aliphatic heterocycles. The number of nitrogens with zero attached hydrogens (tertiary/aromatic N) is 3. The Morgan fingerprint density at radius 2 is 1.85 bits per heavy atom. The highest BCUT2D eigenvalue weighted by Crippen LogP contribution is 2.17. The van der Waals surface area contributed by atoms with E-state index in [-0.39, 0.29) is 0 Å². The minimum atomic E-state index is 0.561. The third kappa shape index (κ3) is 1.94. The molecule has 2 aromatic rings. The molecule has 0 atom stereocenters. The molecule has 0 saturated carbocycles. The molecule has 0 unspecified atom stereocenters. The van der Waals surface area contributed by atoms with Crippen molar-refractivity contribution >= 4 is 31.9 Å². The Morgan fingerprint density at radius 3 is 2.38 bits per heavy atom. The Balaban J connectivity index is 2.53. The number of halogens is 2. The number of H-pyrrole nitrogens is 1. The van der Waals surface area contributed by atoms with Crippen molar-refractivity contribution in [1.29, 1.82) is 0 Å². The predicted octanol–water partition coefficient (Wildman–Crippen LogP) is 2.39. The number of nitrogens with one attached hydrogen (secondary N) is 1. The molecule has 0 saturated heterocycles. The summed E-state index contributed by atoms with van der Waals surface area (Å²) in [5.41, 5.74) is 0. The van der Waals surface area contributed by atoms with Crippen LogP contribution in [0.5, 0.6) is 0 Å². The van der Waals surface area contributed by atoms with Crippen LogP contribution in [0.25, 0.3) is 11.6 Å². The van der Waals surface area contributed by atoms with E-state index < -0.39 is 0 Å². The van der Waals surface area contributed by atoms with E-state index >= 15 is 0 Å². The maximum absolute atomic E-state index is 4.16. The van der Waals surface area contributed by atoms with Gasteiger partial charge in [-0.15, -0.1) is 0 Å². The molecule has 0 aliphatic rings. The molecule has 13 heavy (non-hydrogen) atoms. The van der Waals surface area contributed by atoms with Gasteiger partial charge in [0.05, 0.1) is 0 Å². The SMILES string of the molecule is Brc1cc(Br)nc(-c2ncc[nH]2)n1. The van der Waals surface area contributed by atoms with E-state index in [1.807, 2.05) is 0 Å². The van der Waals surface area contributed by atoms with Crippen LogP contribution in [-0.4, -0.2) is 19.9 Å². The largest absolute Gasteiger partial charge is 0.342 e. The van der Waals surface area contributed by atoms with Crippen molar-refractivity contribution in [2.45, 2.75) is 0 Å². The summed E-state index contributed by atoms with van der Waals surface area (Å²) in [6.07, 6.45) is 3.39. The topological polar surface area (TPSA) is 54.5 Å². The van der Waals surface area contributed by atoms with E-state index in [0.717, 1.165) is 9.21 Å². The van der Waals surface area contributed by atoms with E-state index in [9.17, 15) is 0 Å². The summed E-state index contributed by atoms with van der Waals surface area (Å²) < 4.78 is 1.45. The molecule has 2 aromatic heterocycles. The van der Waals surface area contributed by atoms with E-state index in [4.69, 9.17) is 0 Å². The molecule has 0 bridgehead atoms. The summed E-state index contributed by atoms with van der Waals surface area (Å²) in [6.45, 7) is 0. The summed E-state index contributed by atoms with van der Waals surface area (Å²) in [6, 6.07) is 1.77. The van der Waals surface area contributed by atoms with Gasteiger partial charge in [0.1, 0.15) is 9.21 Å². The van der Waals surface area contributed by atoms with Crippen LogP contribution in [0.15, 0.2) is 27.7 Å². The van der Waals surface area contributed by atoms with Crippen molar-refractivity contribution in [3.63, 3.8) is 0 Å². The van der Waals surface area contributed by atoms with Gasteiger partial charge in [-0.05, 0) is 31.9 Å². The van der Waals surface area contributed by atoms with Gasteiger partial charge in [0.25, 0.3) is 0 Å². The Kier molecular flexibility index (Phi) is 2.41. The van der Waals surface area contributed by atoms with Gasteiger partial charge < -0.3 is 4.98 Å². The van der Waals surface area contributed by atoms with Gasteiger partial charge in [-0.2, -0.15) is 0 Å². The lowest BCUT2D eigenvalue weighted by molar-refractivity contribution is 1.08. The number of hydrogen-bond acceptors (Lipinski definition) is 3. The summed E-state index contributed by atoms with van der Waals surface area (Å²) in [7, 11) is 0. The Bertz CT molecular complexity index is 392. The molecule has 0 fully saturated rings. The quantitative estimate of drug-likeness (QED) is 0.823. The maximum Gasteiger partial charge on any atom is 0.197 e. The van der Waals surface area contributed by atoms with E-state index in [1.54, 1.807) is 18.5 Å². The van der Waals surface area contributed by atoms with Crippen LogP contribution in [0.2, 0.25) is 0 Å². The zero-order chi connectivity index (χ0) is 9.26. The summed E-state index contributed by atoms with van der Waals surface area (Å²) in [5, 5.41) is 0. The minimum absolute atomic E-state index is 0.561. The first-order valence-corrected chi connectivity index (χ1v) is 5.04. The third-order valence-electron chi connectivity index (χ3n) is 1.37. The summed E-state index contributed by atoms with van der Waals surface area (Å²) in [4.78, 5) is 15.3. The van der Waals surface area contributed by atoms with Gasteiger partial charge in [-0.3, -0.25) is 0 Å². The number of imidazole rings is 1. The maximum atomic E-state index is 4.16. The molecule has 0 aliphatic carbocycles. The Morgan fingerprint density at radius 1 is 1.15 bits per heavy atom. The highest BCUT2D eigenvalue weighted by molar-refractivity contribution is 9.11. The molecule has 2 heterocycles. The van der Waals surface area contributed by atoms with Crippen LogP contribution >= 0.6 is 31.9 Å². The van der Waals surface area contributed by atoms with Gasteiger partial charge in [0, 0.05) is 18.5 Å². The minimum Gasteiger partial charge on any atom is -0.342 e. The smallest absolute Gasteiger partial charge is 0.197 e. The molecular formula is C7H4Br2N4. The molecule has 66 valence electrons. The monoisotopic (exact) mass is 302 g/mol. The average Bonchev–Trinajstić information content (AvgIpc) is 2.53. The first kappa shape index (κ1) is 8.83. The van der Waals surface area contributed by atoms with Crippen LogP contribution < -0.4 is 0 Å². The molecule has 2 rings (SSSR count). The summed E-state index contributed by atoms with van der Waals surface area (Å²) in [5.74, 6) is 1.22. The van der Waals surface area contributed by atoms with Crippen molar-refractivity contribution in [2.75, 3.05) is 0 Å². The van der Waals surface area contributed by atoms with Gasteiger partial charge >= 0.3 is 0 Å². The fraction of sp³-hybridized carbons (Fsp3) is 0. The van der Waals surface area contributed by atoms with Gasteiger partial charge in [0.2, 0.25) is 0 Å². The first-order valence-electron chi connectivity index (χ1n) is 3.45. The van der Waals surface area contributed by atoms with Crippen molar-refractivity contribution in [1.82, 2.24) is 19.9 Å². The lowest BCUT2D eigenvalue weighted by Gasteiger charge is -1.97. The second-order valence-electron chi connectivity index (χ2n) is 2.27. The van der Waals surface area contributed by atoms with Crippen LogP contribution in [-0.2, 0) is 0 Å². The summed E-state index contributed by atoms with van der Waals surface area (Å²) >= 11 is 6.55. The number of aromatic amines is 1. The molecule has 0 radical (unpaired) electrons. The van der Waals surface area contributed by atoms with E-state index in [2.05, 4.69) is 51.8 Å². The molecule has 6 heteroatoms. The van der Waals surface area contributed by atoms with Crippen molar-refractivity contribution < 1.29 is 0 Å². The lowest BCUT2D eigenvalue weighted by Crippen LogP contribution is -1.91. The molecule has 1 N–H and O–H groups in total. The van der Waals surface area contributed by atoms with Crippen molar-refractivity contribution in [3.05, 3.63) is 27.7 Å². The first-order chi connectivity index (χ1) is 6.25. The van der Waals surface area contributed by atoms with Crippen molar-refractivity contribution in [3.8, 4) is 11.6 Å². The standard InChI is InChI=1S/C7H4Br2N4/c8-4-3-5(9)13-7(12-4)6-10-1-2-11-6/h1-3H,(H,10,11). The van der Waals surface area contributed by atoms with Crippen LogP contribution in [0, 0.1) is 0 Å². The van der Waals surface area contributed by atoms with E-state index in [0.29, 0.717) is 11.6 Å². The van der Waals surface area contributed by atoms with Gasteiger partial charge in [0.15, 0.2) is 11.6 Å². The zero-order valence-corrected chi connectivity index (χ0v) is 9.50. The van der Waals surface area contributed by atoms with E-state index in [1.165, 1.54) is 0 Å². The molecular weight excluding hydrogens is 300 g/mol. The fourth-order valence-electron chi connectivity index (χ4n) is 0.884. The second-order valence-corrected chi connectivity index (χ2v) is 3.90. The number of aromatic nitrogens is 4. The number of rotatable bonds is 1. The van der Waals surface area contributed by atoms with Crippen LogP contribution in [0.1, 0.15) is 0 Å². The Hall–Kier alpha value is -0.750. The number of hydrogen-bond donors (Lipinski definition) is 1. The highest BCUT2D eigenvalue weighted by atomic mass is 79.9. The fourth-order valence-corrected chi connectivity index (χ4v) is 1.96. The van der Waals surface area contributed by atoms with Gasteiger partial charge in [-0.25, -0.2) is 15.0 Å².